The highest BCUT2D eigenvalue weighted by atomic mass is 32.2. The molecule has 1 N–H and O–H groups in total. The number of ether oxygens (including phenoxy) is 1. The summed E-state index contributed by atoms with van der Waals surface area (Å²) in [5.41, 5.74) is 1.90. The summed E-state index contributed by atoms with van der Waals surface area (Å²) in [6.45, 7) is 3.55. The van der Waals surface area contributed by atoms with E-state index < -0.39 is 10.0 Å². The summed E-state index contributed by atoms with van der Waals surface area (Å²) in [7, 11) is -3.47. The van der Waals surface area contributed by atoms with Crippen LogP contribution in [-0.4, -0.2) is 63.7 Å². The number of piperazine rings is 1. The van der Waals surface area contributed by atoms with Gasteiger partial charge in [-0.3, -0.25) is 4.79 Å². The Balaban J connectivity index is 1.40. The smallest absolute Gasteiger partial charge is 0.257 e. The summed E-state index contributed by atoms with van der Waals surface area (Å²) in [5, 5.41) is 2.59. The van der Waals surface area contributed by atoms with Gasteiger partial charge in [0.2, 0.25) is 10.0 Å². The molecule has 0 spiro atoms. The number of benzene rings is 2. The van der Waals surface area contributed by atoms with E-state index in [-0.39, 0.29) is 30.6 Å². The Bertz CT molecular complexity index is 958. The lowest BCUT2D eigenvalue weighted by molar-refractivity contribution is -0.122. The molecule has 1 amide bonds. The average molecular weight is 436 g/mol. The molecule has 162 valence electrons. The van der Waals surface area contributed by atoms with Crippen LogP contribution in [0.4, 0.5) is 10.1 Å². The highest BCUT2D eigenvalue weighted by Crippen LogP contribution is 2.18. The minimum absolute atomic E-state index is 0.0243. The highest BCUT2D eigenvalue weighted by molar-refractivity contribution is 7.89. The molecule has 7 nitrogen and oxygen atoms in total. The summed E-state index contributed by atoms with van der Waals surface area (Å²) in [6, 6.07) is 13.5. The maximum atomic E-state index is 13.1. The molecule has 1 fully saturated rings. The predicted octanol–water partition coefficient (Wildman–Crippen LogP) is 1.78. The number of nitrogens with one attached hydrogen (secondary N) is 1. The number of carbonyl (C=O) groups excluding carboxylic acids is 1. The van der Waals surface area contributed by atoms with Gasteiger partial charge in [-0.25, -0.2) is 12.8 Å². The van der Waals surface area contributed by atoms with Crippen LogP contribution in [0.3, 0.4) is 0 Å². The molecule has 3 rings (SSSR count). The predicted molar refractivity (Wildman–Crippen MR) is 114 cm³/mol. The largest absolute Gasteiger partial charge is 0.484 e. The zero-order valence-electron chi connectivity index (χ0n) is 16.9. The number of sulfonamides is 1. The first-order valence-corrected chi connectivity index (χ1v) is 11.4. The third-order valence-electron chi connectivity index (χ3n) is 4.87. The van der Waals surface area contributed by atoms with Crippen molar-refractivity contribution in [3.63, 3.8) is 0 Å². The summed E-state index contributed by atoms with van der Waals surface area (Å²) in [5.74, 6) is -0.240. The number of hydrogen-bond acceptors (Lipinski definition) is 5. The van der Waals surface area contributed by atoms with Crippen LogP contribution in [-0.2, 0) is 14.8 Å². The van der Waals surface area contributed by atoms with Gasteiger partial charge in [-0.1, -0.05) is 12.1 Å². The summed E-state index contributed by atoms with van der Waals surface area (Å²) in [4.78, 5) is 13.9. The van der Waals surface area contributed by atoms with Crippen molar-refractivity contribution in [3.05, 3.63) is 59.9 Å². The number of carbonyl (C=O) groups is 1. The molecule has 0 aliphatic carbocycles. The fraction of sp³-hybridized carbons (Fsp3) is 0.381. The Morgan fingerprint density at radius 1 is 1.10 bits per heavy atom. The lowest BCUT2D eigenvalue weighted by atomic mass is 10.2. The van der Waals surface area contributed by atoms with Gasteiger partial charge in [0.25, 0.3) is 5.91 Å². The van der Waals surface area contributed by atoms with Crippen molar-refractivity contribution in [3.8, 4) is 5.75 Å². The van der Waals surface area contributed by atoms with Crippen LogP contribution in [0.1, 0.15) is 5.56 Å². The van der Waals surface area contributed by atoms with Crippen molar-refractivity contribution in [2.45, 2.75) is 6.92 Å². The Hall–Kier alpha value is -2.65. The number of rotatable bonds is 8. The van der Waals surface area contributed by atoms with E-state index in [1.807, 2.05) is 30.0 Å². The minimum Gasteiger partial charge on any atom is -0.484 e. The van der Waals surface area contributed by atoms with Crippen molar-refractivity contribution in [2.24, 2.45) is 0 Å². The van der Waals surface area contributed by atoms with Crippen molar-refractivity contribution in [1.29, 1.82) is 0 Å². The van der Waals surface area contributed by atoms with Gasteiger partial charge in [0.05, 0.1) is 5.75 Å². The van der Waals surface area contributed by atoms with Gasteiger partial charge in [0.1, 0.15) is 11.6 Å². The molecule has 9 heteroatoms. The lowest BCUT2D eigenvalue weighted by Crippen LogP contribution is -2.50. The molecule has 1 aliphatic heterocycles. The molecule has 1 saturated heterocycles. The normalized spacial score (nSPS) is 15.1. The van der Waals surface area contributed by atoms with E-state index in [2.05, 4.69) is 5.32 Å². The Morgan fingerprint density at radius 3 is 2.47 bits per heavy atom. The zero-order valence-corrected chi connectivity index (χ0v) is 17.7. The van der Waals surface area contributed by atoms with Gasteiger partial charge >= 0.3 is 0 Å². The second-order valence-corrected chi connectivity index (χ2v) is 9.22. The van der Waals surface area contributed by atoms with E-state index in [0.29, 0.717) is 31.9 Å². The van der Waals surface area contributed by atoms with E-state index in [1.54, 1.807) is 18.2 Å². The maximum Gasteiger partial charge on any atom is 0.257 e. The van der Waals surface area contributed by atoms with Crippen LogP contribution >= 0.6 is 0 Å². The fourth-order valence-corrected chi connectivity index (χ4v) is 4.57. The standard InChI is InChI=1S/C21H26FN3O4S/c1-17-3-2-4-20(15-17)29-16-21(26)23-9-14-30(27,28)25-12-10-24(11-13-25)19-7-5-18(22)6-8-19/h2-8,15H,9-14,16H2,1H3,(H,23,26). The molecule has 0 saturated carbocycles. The molecule has 1 heterocycles. The SMILES string of the molecule is Cc1cccc(OCC(=O)NCCS(=O)(=O)N2CCN(c3ccc(F)cc3)CC2)c1. The maximum absolute atomic E-state index is 13.1. The second kappa shape index (κ2) is 9.90. The Morgan fingerprint density at radius 2 is 1.80 bits per heavy atom. The van der Waals surface area contributed by atoms with Crippen molar-refractivity contribution >= 4 is 21.6 Å². The topological polar surface area (TPSA) is 78.9 Å². The van der Waals surface area contributed by atoms with E-state index in [4.69, 9.17) is 4.74 Å². The first-order valence-electron chi connectivity index (χ1n) is 9.78. The van der Waals surface area contributed by atoms with Crippen LogP contribution in [0.2, 0.25) is 0 Å². The van der Waals surface area contributed by atoms with Gasteiger partial charge in [0.15, 0.2) is 6.61 Å². The first-order chi connectivity index (χ1) is 14.3. The van der Waals surface area contributed by atoms with Crippen LogP contribution < -0.4 is 15.0 Å². The van der Waals surface area contributed by atoms with Gasteiger partial charge in [-0.2, -0.15) is 4.31 Å². The van der Waals surface area contributed by atoms with Gasteiger partial charge in [-0.05, 0) is 48.9 Å². The van der Waals surface area contributed by atoms with Crippen LogP contribution in [0.25, 0.3) is 0 Å². The molecule has 0 atom stereocenters. The van der Waals surface area contributed by atoms with E-state index in [1.165, 1.54) is 16.4 Å². The van der Waals surface area contributed by atoms with E-state index in [9.17, 15) is 17.6 Å². The average Bonchev–Trinajstić information content (AvgIpc) is 2.73. The fourth-order valence-electron chi connectivity index (χ4n) is 3.23. The molecule has 1 aliphatic rings. The number of hydrogen-bond donors (Lipinski definition) is 1. The number of aryl methyl sites for hydroxylation is 1. The lowest BCUT2D eigenvalue weighted by Gasteiger charge is -2.35. The Labute approximate surface area is 176 Å². The van der Waals surface area contributed by atoms with E-state index >= 15 is 0 Å². The van der Waals surface area contributed by atoms with Gasteiger partial charge in [0, 0.05) is 38.4 Å². The third-order valence-corrected chi connectivity index (χ3v) is 6.74. The summed E-state index contributed by atoms with van der Waals surface area (Å²) < 4.78 is 45.0. The molecule has 0 aromatic heterocycles. The molecular formula is C21H26FN3O4S. The highest BCUT2D eigenvalue weighted by Gasteiger charge is 2.26. The Kier molecular flexibility index (Phi) is 7.28. The van der Waals surface area contributed by atoms with Gasteiger partial charge in [-0.15, -0.1) is 0 Å². The second-order valence-electron chi connectivity index (χ2n) is 7.13. The van der Waals surface area contributed by atoms with Crippen molar-refractivity contribution in [1.82, 2.24) is 9.62 Å². The van der Waals surface area contributed by atoms with Crippen LogP contribution in [0, 0.1) is 12.7 Å². The summed E-state index contributed by atoms with van der Waals surface area (Å²) >= 11 is 0. The molecule has 0 bridgehead atoms. The van der Waals surface area contributed by atoms with E-state index in [0.717, 1.165) is 11.3 Å². The molecule has 0 unspecified atom stereocenters. The molecule has 2 aromatic carbocycles. The minimum atomic E-state index is -3.47. The molecule has 30 heavy (non-hydrogen) atoms. The molecular weight excluding hydrogens is 409 g/mol. The number of anilines is 1. The molecule has 0 radical (unpaired) electrons. The van der Waals surface area contributed by atoms with Crippen LogP contribution in [0.5, 0.6) is 5.75 Å². The summed E-state index contributed by atoms with van der Waals surface area (Å²) in [6.07, 6.45) is 0. The third kappa shape index (κ3) is 6.17. The quantitative estimate of drug-likeness (QED) is 0.684. The monoisotopic (exact) mass is 435 g/mol. The number of amides is 1. The number of halogens is 1. The van der Waals surface area contributed by atoms with Gasteiger partial charge < -0.3 is 15.0 Å². The van der Waals surface area contributed by atoms with Crippen molar-refractivity contribution < 1.29 is 22.3 Å². The zero-order chi connectivity index (χ0) is 21.6. The van der Waals surface area contributed by atoms with Crippen molar-refractivity contribution in [2.75, 3.05) is 50.0 Å². The first kappa shape index (κ1) is 22.0. The number of nitrogens with zero attached hydrogens (tertiary/aromatic N) is 2. The molecule has 2 aromatic rings. The van der Waals surface area contributed by atoms with Crippen LogP contribution in [0.15, 0.2) is 48.5 Å².